The third kappa shape index (κ3) is 1.95. The van der Waals surface area contributed by atoms with E-state index in [9.17, 15) is 4.79 Å². The molecule has 1 aliphatic rings. The molecule has 0 aromatic heterocycles. The first-order valence-electron chi connectivity index (χ1n) is 3.66. The van der Waals surface area contributed by atoms with Crippen molar-refractivity contribution in [1.29, 1.82) is 0 Å². The summed E-state index contributed by atoms with van der Waals surface area (Å²) < 4.78 is 0. The molecule has 0 aromatic carbocycles. The van der Waals surface area contributed by atoms with Crippen LogP contribution in [-0.2, 0) is 4.79 Å². The highest BCUT2D eigenvalue weighted by Gasteiger charge is 2.13. The van der Waals surface area contributed by atoms with Crippen molar-refractivity contribution in [1.82, 2.24) is 0 Å². The van der Waals surface area contributed by atoms with Crippen molar-refractivity contribution in [2.75, 3.05) is 0 Å². The second-order valence-corrected chi connectivity index (χ2v) is 2.57. The molecular formula is C8H12O2. The largest absolute Gasteiger partial charge is 0.385 e. The molecule has 2 nitrogen and oxygen atoms in total. The number of aliphatic hydroxyl groups is 1. The maximum Gasteiger partial charge on any atom is 0.161 e. The summed E-state index contributed by atoms with van der Waals surface area (Å²) in [6.45, 7) is 0. The molecule has 1 aliphatic carbocycles. The van der Waals surface area contributed by atoms with Crippen LogP contribution in [0.15, 0.2) is 12.2 Å². The van der Waals surface area contributed by atoms with Crippen LogP contribution in [0, 0.1) is 0 Å². The Labute approximate surface area is 60.6 Å². The predicted octanol–water partition coefficient (Wildman–Crippen LogP) is 1.05. The minimum absolute atomic E-state index is 0.00986. The van der Waals surface area contributed by atoms with Crippen molar-refractivity contribution in [3.8, 4) is 0 Å². The van der Waals surface area contributed by atoms with Gasteiger partial charge in [0.2, 0.25) is 0 Å². The van der Waals surface area contributed by atoms with Gasteiger partial charge in [0.05, 0.1) is 0 Å². The molecule has 1 unspecified atom stereocenters. The molecule has 0 fully saturated rings. The maximum absolute atomic E-state index is 10.9. The number of Topliss-reactive ketones (excluding diaryl/α,β-unsaturated/α-hetero) is 1. The first-order chi connectivity index (χ1) is 4.80. The number of ketones is 1. The van der Waals surface area contributed by atoms with Crippen molar-refractivity contribution >= 4 is 5.78 Å². The van der Waals surface area contributed by atoms with Gasteiger partial charge in [-0.15, -0.1) is 0 Å². The molecule has 1 atom stereocenters. The molecule has 0 aromatic rings. The summed E-state index contributed by atoms with van der Waals surface area (Å²) in [6.07, 6.45) is 6.03. The van der Waals surface area contributed by atoms with Gasteiger partial charge in [-0.2, -0.15) is 0 Å². The van der Waals surface area contributed by atoms with Gasteiger partial charge < -0.3 is 5.11 Å². The Morgan fingerprint density at radius 1 is 1.40 bits per heavy atom. The summed E-state index contributed by atoms with van der Waals surface area (Å²) >= 11 is 0. The van der Waals surface area contributed by atoms with E-state index in [-0.39, 0.29) is 5.78 Å². The smallest absolute Gasteiger partial charge is 0.161 e. The molecule has 0 heterocycles. The highest BCUT2D eigenvalue weighted by molar-refractivity contribution is 5.82. The van der Waals surface area contributed by atoms with E-state index in [1.807, 2.05) is 12.2 Å². The van der Waals surface area contributed by atoms with Crippen LogP contribution in [0.3, 0.4) is 0 Å². The molecule has 0 saturated heterocycles. The third-order valence-electron chi connectivity index (χ3n) is 1.70. The first-order valence-corrected chi connectivity index (χ1v) is 3.66. The number of aliphatic hydroxyl groups excluding tert-OH is 1. The zero-order valence-electron chi connectivity index (χ0n) is 5.92. The normalized spacial score (nSPS) is 30.9. The van der Waals surface area contributed by atoms with E-state index in [1.165, 1.54) is 0 Å². The first kappa shape index (κ1) is 7.48. The second kappa shape index (κ2) is 3.52. The van der Waals surface area contributed by atoms with Crippen molar-refractivity contribution in [3.63, 3.8) is 0 Å². The summed E-state index contributed by atoms with van der Waals surface area (Å²) in [5.74, 6) is -0.00986. The Kier molecular flexibility index (Phi) is 2.63. The van der Waals surface area contributed by atoms with Gasteiger partial charge in [-0.05, 0) is 19.3 Å². The molecule has 0 bridgehead atoms. The number of carbonyl (C=O) groups is 1. The van der Waals surface area contributed by atoms with Gasteiger partial charge >= 0.3 is 0 Å². The fourth-order valence-corrected chi connectivity index (χ4v) is 1.04. The molecule has 10 heavy (non-hydrogen) atoms. The number of hydrogen-bond acceptors (Lipinski definition) is 2. The molecule has 1 N–H and O–H groups in total. The van der Waals surface area contributed by atoms with E-state index in [1.54, 1.807) is 0 Å². The van der Waals surface area contributed by atoms with Crippen LogP contribution >= 0.6 is 0 Å². The highest BCUT2D eigenvalue weighted by Crippen LogP contribution is 2.08. The van der Waals surface area contributed by atoms with Crippen LogP contribution in [0.2, 0.25) is 0 Å². The average molecular weight is 140 g/mol. The minimum Gasteiger partial charge on any atom is -0.385 e. The number of rotatable bonds is 0. The monoisotopic (exact) mass is 140 g/mol. The standard InChI is InChI=1S/C8H12O2/c9-7-5-3-1-2-4-6-8(7)10/h1-2,7,9H,3-6H2/b2-1-. The van der Waals surface area contributed by atoms with Gasteiger partial charge in [-0.25, -0.2) is 0 Å². The van der Waals surface area contributed by atoms with E-state index in [0.29, 0.717) is 12.8 Å². The molecule has 0 aliphatic heterocycles. The van der Waals surface area contributed by atoms with Crippen molar-refractivity contribution in [2.45, 2.75) is 31.8 Å². The summed E-state index contributed by atoms with van der Waals surface area (Å²) in [6, 6.07) is 0. The Morgan fingerprint density at radius 2 is 2.10 bits per heavy atom. The van der Waals surface area contributed by atoms with Crippen molar-refractivity contribution < 1.29 is 9.90 Å². The van der Waals surface area contributed by atoms with Gasteiger partial charge in [0.15, 0.2) is 5.78 Å². The lowest BCUT2D eigenvalue weighted by Crippen LogP contribution is -2.20. The fourth-order valence-electron chi connectivity index (χ4n) is 1.04. The molecule has 56 valence electrons. The average Bonchev–Trinajstić information content (AvgIpc) is 1.92. The van der Waals surface area contributed by atoms with Gasteiger partial charge in [0.25, 0.3) is 0 Å². The minimum atomic E-state index is -0.704. The van der Waals surface area contributed by atoms with Gasteiger partial charge in [0.1, 0.15) is 6.10 Å². The molecule has 0 spiro atoms. The van der Waals surface area contributed by atoms with Crippen LogP contribution < -0.4 is 0 Å². The van der Waals surface area contributed by atoms with E-state index < -0.39 is 6.10 Å². The predicted molar refractivity (Wildman–Crippen MR) is 38.6 cm³/mol. The number of carbonyl (C=O) groups excluding carboxylic acids is 1. The van der Waals surface area contributed by atoms with E-state index >= 15 is 0 Å². The fraction of sp³-hybridized carbons (Fsp3) is 0.625. The summed E-state index contributed by atoms with van der Waals surface area (Å²) in [4.78, 5) is 10.9. The van der Waals surface area contributed by atoms with Gasteiger partial charge in [-0.1, -0.05) is 12.2 Å². The number of hydrogen-bond donors (Lipinski definition) is 1. The zero-order chi connectivity index (χ0) is 7.40. The van der Waals surface area contributed by atoms with Crippen LogP contribution in [0.25, 0.3) is 0 Å². The zero-order valence-corrected chi connectivity index (χ0v) is 5.92. The van der Waals surface area contributed by atoms with Crippen LogP contribution in [0.4, 0.5) is 0 Å². The third-order valence-corrected chi connectivity index (χ3v) is 1.70. The van der Waals surface area contributed by atoms with Crippen LogP contribution in [0.5, 0.6) is 0 Å². The Bertz CT molecular complexity index is 149. The highest BCUT2D eigenvalue weighted by atomic mass is 16.3. The topological polar surface area (TPSA) is 37.3 Å². The lowest BCUT2D eigenvalue weighted by Gasteiger charge is -2.08. The molecule has 0 saturated carbocycles. The van der Waals surface area contributed by atoms with Gasteiger partial charge in [-0.3, -0.25) is 4.79 Å². The Balaban J connectivity index is 2.48. The van der Waals surface area contributed by atoms with Crippen molar-refractivity contribution in [2.24, 2.45) is 0 Å². The Morgan fingerprint density at radius 3 is 2.90 bits per heavy atom. The van der Waals surface area contributed by atoms with Gasteiger partial charge in [0, 0.05) is 6.42 Å². The summed E-state index contributed by atoms with van der Waals surface area (Å²) in [7, 11) is 0. The molecule has 0 radical (unpaired) electrons. The second-order valence-electron chi connectivity index (χ2n) is 2.57. The lowest BCUT2D eigenvalue weighted by molar-refractivity contribution is -0.127. The molecular weight excluding hydrogens is 128 g/mol. The van der Waals surface area contributed by atoms with E-state index in [4.69, 9.17) is 5.11 Å². The lowest BCUT2D eigenvalue weighted by atomic mass is 10.0. The van der Waals surface area contributed by atoms with Crippen molar-refractivity contribution in [3.05, 3.63) is 12.2 Å². The SMILES string of the molecule is O=C1CC/C=C\CCC1O. The van der Waals surface area contributed by atoms with Crippen LogP contribution in [0.1, 0.15) is 25.7 Å². The van der Waals surface area contributed by atoms with E-state index in [2.05, 4.69) is 0 Å². The maximum atomic E-state index is 10.9. The van der Waals surface area contributed by atoms with Crippen LogP contribution in [-0.4, -0.2) is 17.0 Å². The summed E-state index contributed by atoms with van der Waals surface area (Å²) in [5, 5.41) is 9.10. The molecule has 2 heteroatoms. The molecule has 1 rings (SSSR count). The molecule has 0 amide bonds. The summed E-state index contributed by atoms with van der Waals surface area (Å²) in [5.41, 5.74) is 0. The quantitative estimate of drug-likeness (QED) is 0.510. The Hall–Kier alpha value is -0.630. The van der Waals surface area contributed by atoms with E-state index in [0.717, 1.165) is 12.8 Å². The number of allylic oxidation sites excluding steroid dienone is 2.